The summed E-state index contributed by atoms with van der Waals surface area (Å²) in [6, 6.07) is 12.3. The van der Waals surface area contributed by atoms with Crippen LogP contribution in [0.3, 0.4) is 0 Å². The van der Waals surface area contributed by atoms with Crippen LogP contribution in [0, 0.1) is 6.92 Å². The zero-order chi connectivity index (χ0) is 21.5. The number of nitrogens with zero attached hydrogens (tertiary/aromatic N) is 4. The van der Waals surface area contributed by atoms with Crippen LogP contribution in [0.15, 0.2) is 47.4 Å². The first-order valence-corrected chi connectivity index (χ1v) is 11.5. The van der Waals surface area contributed by atoms with E-state index >= 15 is 0 Å². The summed E-state index contributed by atoms with van der Waals surface area (Å²) in [6.45, 7) is 3.65. The molecule has 1 saturated heterocycles. The molecule has 1 fully saturated rings. The Hall–Kier alpha value is -2.71. The fourth-order valence-electron chi connectivity index (χ4n) is 3.80. The van der Waals surface area contributed by atoms with Crippen molar-refractivity contribution in [2.75, 3.05) is 20.1 Å². The van der Waals surface area contributed by atoms with Crippen LogP contribution >= 0.6 is 0 Å². The van der Waals surface area contributed by atoms with Gasteiger partial charge in [-0.2, -0.15) is 4.31 Å². The molecule has 30 heavy (non-hydrogen) atoms. The molecule has 4 rings (SSSR count). The Balaban J connectivity index is 1.60. The van der Waals surface area contributed by atoms with Crippen LogP contribution in [0.2, 0.25) is 0 Å². The minimum Gasteiger partial charge on any atom is -0.339 e. The Kier molecular flexibility index (Phi) is 5.38. The van der Waals surface area contributed by atoms with Gasteiger partial charge in [-0.3, -0.25) is 4.79 Å². The van der Waals surface area contributed by atoms with Gasteiger partial charge in [-0.25, -0.2) is 13.4 Å². The molecule has 0 aliphatic carbocycles. The molecule has 1 aliphatic heterocycles. The summed E-state index contributed by atoms with van der Waals surface area (Å²) in [5, 5.41) is 0. The predicted octanol–water partition coefficient (Wildman–Crippen LogP) is 2.94. The van der Waals surface area contributed by atoms with Crippen molar-refractivity contribution in [3.05, 3.63) is 59.4 Å². The third-order valence-electron chi connectivity index (χ3n) is 5.71. The first kappa shape index (κ1) is 20.6. The molecule has 1 aromatic heterocycles. The Bertz CT molecular complexity index is 1190. The highest BCUT2D eigenvalue weighted by molar-refractivity contribution is 7.89. The molecule has 0 spiro atoms. The van der Waals surface area contributed by atoms with E-state index in [4.69, 9.17) is 0 Å². The maximum atomic E-state index is 12.9. The summed E-state index contributed by atoms with van der Waals surface area (Å²) in [7, 11) is -0.209. The number of imidazole rings is 1. The largest absolute Gasteiger partial charge is 0.339 e. The van der Waals surface area contributed by atoms with E-state index in [1.54, 1.807) is 37.4 Å². The quantitative estimate of drug-likeness (QED) is 0.629. The number of benzene rings is 2. The van der Waals surface area contributed by atoms with E-state index in [0.717, 1.165) is 37.0 Å². The van der Waals surface area contributed by atoms with Gasteiger partial charge in [-0.15, -0.1) is 0 Å². The number of amides is 1. The van der Waals surface area contributed by atoms with Crippen molar-refractivity contribution in [1.29, 1.82) is 0 Å². The van der Waals surface area contributed by atoms with Gasteiger partial charge in [0.05, 0.1) is 22.5 Å². The molecule has 1 aliphatic rings. The van der Waals surface area contributed by atoms with Gasteiger partial charge in [-0.05, 0) is 50.1 Å². The van der Waals surface area contributed by atoms with Crippen LogP contribution in [-0.4, -0.2) is 53.2 Å². The van der Waals surface area contributed by atoms with Gasteiger partial charge >= 0.3 is 0 Å². The Labute approximate surface area is 177 Å². The van der Waals surface area contributed by atoms with Crippen molar-refractivity contribution >= 4 is 27.0 Å². The van der Waals surface area contributed by atoms with Crippen molar-refractivity contribution in [2.24, 2.45) is 7.05 Å². The van der Waals surface area contributed by atoms with Gasteiger partial charge in [0, 0.05) is 32.7 Å². The van der Waals surface area contributed by atoms with E-state index in [0.29, 0.717) is 16.9 Å². The minimum absolute atomic E-state index is 0.0284. The molecular weight excluding hydrogens is 400 g/mol. The first-order chi connectivity index (χ1) is 14.3. The second kappa shape index (κ2) is 7.85. The SMILES string of the molecule is Cc1ccc(S(=O)(=O)N(C)Cc2nc3cc(C(=O)N4CCCC4)ccc3n2C)cc1. The number of carbonyl (C=O) groups excluding carboxylic acids is 1. The lowest BCUT2D eigenvalue weighted by molar-refractivity contribution is 0.0793. The van der Waals surface area contributed by atoms with E-state index in [1.807, 2.05) is 35.6 Å². The van der Waals surface area contributed by atoms with Crippen molar-refractivity contribution in [2.45, 2.75) is 31.2 Å². The van der Waals surface area contributed by atoms with Gasteiger partial charge < -0.3 is 9.47 Å². The van der Waals surface area contributed by atoms with Crippen molar-refractivity contribution < 1.29 is 13.2 Å². The third-order valence-corrected chi connectivity index (χ3v) is 7.52. The molecule has 2 heterocycles. The first-order valence-electron chi connectivity index (χ1n) is 10.0. The van der Waals surface area contributed by atoms with Gasteiger partial charge in [0.1, 0.15) is 5.82 Å². The molecule has 158 valence electrons. The molecule has 1 amide bonds. The Morgan fingerprint density at radius 2 is 1.77 bits per heavy atom. The number of rotatable bonds is 5. The van der Waals surface area contributed by atoms with Gasteiger partial charge in [0.15, 0.2) is 0 Å². The van der Waals surface area contributed by atoms with Gasteiger partial charge in [0.2, 0.25) is 10.0 Å². The molecular formula is C22H26N4O3S. The minimum atomic E-state index is -3.62. The summed E-state index contributed by atoms with van der Waals surface area (Å²) >= 11 is 0. The molecule has 0 radical (unpaired) electrons. The van der Waals surface area contributed by atoms with E-state index < -0.39 is 10.0 Å². The maximum Gasteiger partial charge on any atom is 0.253 e. The molecule has 0 saturated carbocycles. The highest BCUT2D eigenvalue weighted by atomic mass is 32.2. The zero-order valence-electron chi connectivity index (χ0n) is 17.5. The Morgan fingerprint density at radius 1 is 1.10 bits per heavy atom. The van der Waals surface area contributed by atoms with Crippen molar-refractivity contribution in [1.82, 2.24) is 18.8 Å². The molecule has 0 N–H and O–H groups in total. The van der Waals surface area contributed by atoms with Crippen LogP contribution in [0.4, 0.5) is 0 Å². The lowest BCUT2D eigenvalue weighted by Gasteiger charge is -2.17. The normalized spacial score (nSPS) is 14.7. The number of hydrogen-bond donors (Lipinski definition) is 0. The molecule has 2 aromatic carbocycles. The number of carbonyl (C=O) groups is 1. The molecule has 0 atom stereocenters. The third kappa shape index (κ3) is 3.73. The number of sulfonamides is 1. The van der Waals surface area contributed by atoms with Crippen molar-refractivity contribution in [3.8, 4) is 0 Å². The fraction of sp³-hybridized carbons (Fsp3) is 0.364. The van der Waals surface area contributed by atoms with Crippen LogP contribution in [0.5, 0.6) is 0 Å². The predicted molar refractivity (Wildman–Crippen MR) is 116 cm³/mol. The topological polar surface area (TPSA) is 75.5 Å². The molecule has 0 bridgehead atoms. The van der Waals surface area contributed by atoms with Crippen LogP contribution in [0.25, 0.3) is 11.0 Å². The number of fused-ring (bicyclic) bond motifs is 1. The van der Waals surface area contributed by atoms with E-state index in [1.165, 1.54) is 4.31 Å². The second-order valence-corrected chi connectivity index (χ2v) is 9.91. The van der Waals surface area contributed by atoms with Crippen molar-refractivity contribution in [3.63, 3.8) is 0 Å². The molecule has 7 nitrogen and oxygen atoms in total. The number of aromatic nitrogens is 2. The van der Waals surface area contributed by atoms with Gasteiger partial charge in [-0.1, -0.05) is 17.7 Å². The van der Waals surface area contributed by atoms with E-state index in [9.17, 15) is 13.2 Å². The highest BCUT2D eigenvalue weighted by Gasteiger charge is 2.24. The van der Waals surface area contributed by atoms with Crippen LogP contribution < -0.4 is 0 Å². The average Bonchev–Trinajstić information content (AvgIpc) is 3.36. The number of hydrogen-bond acceptors (Lipinski definition) is 4. The summed E-state index contributed by atoms with van der Waals surface area (Å²) in [4.78, 5) is 19.4. The lowest BCUT2D eigenvalue weighted by atomic mass is 10.2. The monoisotopic (exact) mass is 426 g/mol. The molecule has 3 aromatic rings. The van der Waals surface area contributed by atoms with Crippen LogP contribution in [0.1, 0.15) is 34.6 Å². The second-order valence-electron chi connectivity index (χ2n) is 7.86. The van der Waals surface area contributed by atoms with Crippen LogP contribution in [-0.2, 0) is 23.6 Å². The smallest absolute Gasteiger partial charge is 0.253 e. The van der Waals surface area contributed by atoms with E-state index in [-0.39, 0.29) is 17.3 Å². The molecule has 0 unspecified atom stereocenters. The summed E-state index contributed by atoms with van der Waals surface area (Å²) in [6.07, 6.45) is 2.09. The Morgan fingerprint density at radius 3 is 2.43 bits per heavy atom. The maximum absolute atomic E-state index is 12.9. The fourth-order valence-corrected chi connectivity index (χ4v) is 4.93. The molecule has 8 heteroatoms. The van der Waals surface area contributed by atoms with Gasteiger partial charge in [0.25, 0.3) is 5.91 Å². The lowest BCUT2D eigenvalue weighted by Crippen LogP contribution is -2.27. The summed E-state index contributed by atoms with van der Waals surface area (Å²) in [5.74, 6) is 0.648. The average molecular weight is 427 g/mol. The number of aryl methyl sites for hydroxylation is 2. The number of likely N-dealkylation sites (tertiary alicyclic amines) is 1. The summed E-state index contributed by atoms with van der Waals surface area (Å²) in [5.41, 5.74) is 3.18. The van der Waals surface area contributed by atoms with E-state index in [2.05, 4.69) is 4.98 Å². The zero-order valence-corrected chi connectivity index (χ0v) is 18.3. The highest BCUT2D eigenvalue weighted by Crippen LogP contribution is 2.22. The summed E-state index contributed by atoms with van der Waals surface area (Å²) < 4.78 is 29.0. The standard InChI is InChI=1S/C22H26N4O3S/c1-16-6-9-18(10-7-16)30(28,29)24(2)15-21-23-19-14-17(8-11-20(19)25(21)3)22(27)26-12-4-5-13-26/h6-11,14H,4-5,12-13,15H2,1-3H3.